The Hall–Kier alpha value is -2.71. The summed E-state index contributed by atoms with van der Waals surface area (Å²) in [5.74, 6) is 0.121. The number of aryl methyl sites for hydroxylation is 1. The highest BCUT2D eigenvalue weighted by molar-refractivity contribution is 7.99. The number of carbonyl (C=O) groups is 1. The average Bonchev–Trinajstić information content (AvgIpc) is 3.06. The molecular weight excluding hydrogens is 402 g/mol. The number of nitrogens with one attached hydrogen (secondary N) is 1. The van der Waals surface area contributed by atoms with Gasteiger partial charge in [0.15, 0.2) is 5.95 Å². The molecule has 0 spiro atoms. The minimum absolute atomic E-state index is 0.189. The van der Waals surface area contributed by atoms with E-state index in [1.807, 2.05) is 37.3 Å². The second kappa shape index (κ2) is 8.99. The zero-order valence-electron chi connectivity index (χ0n) is 15.3. The number of nitrogens with zero attached hydrogens (tertiary/aromatic N) is 2. The van der Waals surface area contributed by atoms with Gasteiger partial charge in [-0.3, -0.25) is 4.79 Å². The third kappa shape index (κ3) is 4.58. The number of methoxy groups -OCH3 is 1. The molecule has 146 valence electrons. The molecule has 0 atom stereocenters. The first kappa shape index (κ1) is 20.0. The maximum Gasteiger partial charge on any atom is 0.297 e. The van der Waals surface area contributed by atoms with E-state index in [2.05, 4.69) is 10.6 Å². The summed E-state index contributed by atoms with van der Waals surface area (Å²) in [4.78, 5) is 12.3. The predicted octanol–water partition coefficient (Wildman–Crippen LogP) is 3.12. The van der Waals surface area contributed by atoms with Gasteiger partial charge in [-0.2, -0.15) is 0 Å². The number of benzene rings is 2. The third-order valence-electron chi connectivity index (χ3n) is 3.90. The first-order valence-electron chi connectivity index (χ1n) is 8.41. The molecule has 2 aromatic carbocycles. The van der Waals surface area contributed by atoms with Gasteiger partial charge in [0.25, 0.3) is 5.03 Å². The molecule has 1 heterocycles. The molecular formula is C19H18ClN3O4S. The zero-order valence-corrected chi connectivity index (χ0v) is 16.8. The Morgan fingerprint density at radius 1 is 1.36 bits per heavy atom. The van der Waals surface area contributed by atoms with Crippen LogP contribution in [0.1, 0.15) is 12.0 Å². The molecule has 0 saturated carbocycles. The number of thioether (sulfide) groups is 1. The van der Waals surface area contributed by atoms with Crippen molar-refractivity contribution in [2.24, 2.45) is 0 Å². The van der Waals surface area contributed by atoms with Crippen molar-refractivity contribution in [3.8, 4) is 17.4 Å². The number of amides is 1. The Morgan fingerprint density at radius 2 is 2.11 bits per heavy atom. The SMILES string of the molecule is COc1cc(Cl)c(C)cc1NC(=O)CCSc1c([O-])on[n+]1-c1ccccc1. The van der Waals surface area contributed by atoms with Crippen LogP contribution in [-0.2, 0) is 4.79 Å². The zero-order chi connectivity index (χ0) is 20.1. The second-order valence-electron chi connectivity index (χ2n) is 5.86. The Labute approximate surface area is 171 Å². The Bertz CT molecular complexity index is 979. The number of para-hydroxylation sites is 1. The number of hydrogen-bond acceptors (Lipinski definition) is 6. The summed E-state index contributed by atoms with van der Waals surface area (Å²) in [5.41, 5.74) is 2.09. The summed E-state index contributed by atoms with van der Waals surface area (Å²) >= 11 is 7.29. The third-order valence-corrected chi connectivity index (χ3v) is 5.32. The highest BCUT2D eigenvalue weighted by atomic mass is 35.5. The van der Waals surface area contributed by atoms with Gasteiger partial charge in [0.05, 0.1) is 18.1 Å². The largest absolute Gasteiger partial charge is 0.538 e. The summed E-state index contributed by atoms with van der Waals surface area (Å²) in [6, 6.07) is 12.6. The molecule has 0 unspecified atom stereocenters. The first-order valence-corrected chi connectivity index (χ1v) is 9.77. The summed E-state index contributed by atoms with van der Waals surface area (Å²) in [5, 5.41) is 19.4. The molecule has 0 aliphatic rings. The molecule has 1 amide bonds. The maximum atomic E-state index is 12.3. The van der Waals surface area contributed by atoms with Crippen molar-refractivity contribution in [2.45, 2.75) is 18.4 Å². The van der Waals surface area contributed by atoms with E-state index in [-0.39, 0.29) is 12.3 Å². The van der Waals surface area contributed by atoms with Crippen molar-refractivity contribution in [2.75, 3.05) is 18.2 Å². The van der Waals surface area contributed by atoms with Gasteiger partial charge in [-0.25, -0.2) is 0 Å². The molecule has 9 heteroatoms. The van der Waals surface area contributed by atoms with Crippen molar-refractivity contribution >= 4 is 35.0 Å². The van der Waals surface area contributed by atoms with Gasteiger partial charge in [-0.05, 0) is 23.2 Å². The quantitative estimate of drug-likeness (QED) is 0.467. The van der Waals surface area contributed by atoms with E-state index in [1.54, 1.807) is 12.1 Å². The molecule has 7 nitrogen and oxygen atoms in total. The lowest BCUT2D eigenvalue weighted by Crippen LogP contribution is -2.34. The van der Waals surface area contributed by atoms with Crippen LogP contribution >= 0.6 is 23.4 Å². The fourth-order valence-corrected chi connectivity index (χ4v) is 3.53. The predicted molar refractivity (Wildman–Crippen MR) is 104 cm³/mol. The topological polar surface area (TPSA) is 91.3 Å². The first-order chi connectivity index (χ1) is 13.5. The number of anilines is 1. The van der Waals surface area contributed by atoms with Gasteiger partial charge in [0, 0.05) is 35.4 Å². The summed E-state index contributed by atoms with van der Waals surface area (Å²) < 4.78 is 11.4. The summed E-state index contributed by atoms with van der Waals surface area (Å²) in [6.45, 7) is 1.84. The minimum Gasteiger partial charge on any atom is -0.538 e. The monoisotopic (exact) mass is 419 g/mol. The van der Waals surface area contributed by atoms with Gasteiger partial charge < -0.3 is 19.7 Å². The van der Waals surface area contributed by atoms with Crippen LogP contribution in [0.3, 0.4) is 0 Å². The number of ether oxygens (including phenoxy) is 1. The van der Waals surface area contributed by atoms with Crippen molar-refractivity contribution in [3.05, 3.63) is 53.1 Å². The van der Waals surface area contributed by atoms with Crippen molar-refractivity contribution in [1.82, 2.24) is 5.27 Å². The Balaban J connectivity index is 1.63. The molecule has 1 aromatic heterocycles. The molecule has 0 fully saturated rings. The van der Waals surface area contributed by atoms with E-state index in [4.69, 9.17) is 20.9 Å². The fraction of sp³-hybridized carbons (Fsp3) is 0.211. The van der Waals surface area contributed by atoms with Crippen molar-refractivity contribution in [3.63, 3.8) is 0 Å². The molecule has 0 aliphatic carbocycles. The van der Waals surface area contributed by atoms with Gasteiger partial charge >= 0.3 is 0 Å². The van der Waals surface area contributed by atoms with E-state index < -0.39 is 5.95 Å². The van der Waals surface area contributed by atoms with Gasteiger partial charge in [0.1, 0.15) is 5.75 Å². The Kier molecular flexibility index (Phi) is 6.43. The van der Waals surface area contributed by atoms with E-state index in [1.165, 1.54) is 23.6 Å². The number of hydrogen-bond donors (Lipinski definition) is 1. The minimum atomic E-state index is -0.538. The van der Waals surface area contributed by atoms with Crippen LogP contribution in [0.4, 0.5) is 5.69 Å². The number of aromatic nitrogens is 2. The van der Waals surface area contributed by atoms with Crippen LogP contribution in [0.15, 0.2) is 52.0 Å². The van der Waals surface area contributed by atoms with Gasteiger partial charge in [-0.1, -0.05) is 41.6 Å². The normalized spacial score (nSPS) is 10.7. The standard InChI is InChI=1S/C19H18ClN3O4S/c1-12-10-15(16(26-2)11-14(12)20)21-17(24)8-9-28-18-19(25)27-22-23(18)13-6-4-3-5-7-13/h3-7,10-11H,8-9H2,1-2H3,(H-,21,22,24,25). The highest BCUT2D eigenvalue weighted by Crippen LogP contribution is 2.31. The summed E-state index contributed by atoms with van der Waals surface area (Å²) in [6.07, 6.45) is 0.189. The number of halogens is 1. The van der Waals surface area contributed by atoms with Gasteiger partial charge in [0.2, 0.25) is 11.6 Å². The van der Waals surface area contributed by atoms with Crippen LogP contribution in [0.2, 0.25) is 5.02 Å². The fourth-order valence-electron chi connectivity index (χ4n) is 2.48. The second-order valence-corrected chi connectivity index (χ2v) is 7.35. The van der Waals surface area contributed by atoms with Crippen LogP contribution in [0, 0.1) is 6.92 Å². The molecule has 3 aromatic rings. The van der Waals surface area contributed by atoms with Crippen LogP contribution in [0.25, 0.3) is 5.69 Å². The molecule has 28 heavy (non-hydrogen) atoms. The van der Waals surface area contributed by atoms with E-state index >= 15 is 0 Å². The van der Waals surface area contributed by atoms with E-state index in [0.717, 1.165) is 5.56 Å². The van der Waals surface area contributed by atoms with Crippen LogP contribution in [-0.4, -0.2) is 24.0 Å². The lowest BCUT2D eigenvalue weighted by molar-refractivity contribution is -0.705. The number of rotatable bonds is 7. The van der Waals surface area contributed by atoms with E-state index in [9.17, 15) is 9.90 Å². The Morgan fingerprint density at radius 3 is 2.82 bits per heavy atom. The lowest BCUT2D eigenvalue weighted by atomic mass is 10.2. The lowest BCUT2D eigenvalue weighted by Gasteiger charge is -2.12. The molecule has 0 radical (unpaired) electrons. The van der Waals surface area contributed by atoms with Crippen LogP contribution < -0.4 is 19.8 Å². The highest BCUT2D eigenvalue weighted by Gasteiger charge is 2.21. The number of carbonyl (C=O) groups excluding carboxylic acids is 1. The van der Waals surface area contributed by atoms with Crippen LogP contribution in [0.5, 0.6) is 11.7 Å². The molecule has 0 bridgehead atoms. The van der Waals surface area contributed by atoms with Crippen molar-refractivity contribution in [1.29, 1.82) is 0 Å². The molecule has 1 N–H and O–H groups in total. The van der Waals surface area contributed by atoms with Crippen molar-refractivity contribution < 1.29 is 23.8 Å². The molecule has 0 aliphatic heterocycles. The molecule has 3 rings (SSSR count). The summed E-state index contributed by atoms with van der Waals surface area (Å²) in [7, 11) is 1.51. The maximum absolute atomic E-state index is 12.3. The average molecular weight is 420 g/mol. The van der Waals surface area contributed by atoms with E-state index in [0.29, 0.717) is 32.9 Å². The smallest absolute Gasteiger partial charge is 0.297 e. The van der Waals surface area contributed by atoms with Gasteiger partial charge in [-0.15, -0.1) is 0 Å². The molecule has 0 saturated heterocycles.